The maximum absolute atomic E-state index is 11.6. The van der Waals surface area contributed by atoms with Crippen molar-refractivity contribution >= 4 is 46.6 Å². The summed E-state index contributed by atoms with van der Waals surface area (Å²) in [7, 11) is 1.24. The number of carbonyl (C=O) groups excluding carboxylic acids is 2. The highest BCUT2D eigenvalue weighted by molar-refractivity contribution is 6.77. The van der Waals surface area contributed by atoms with Crippen molar-refractivity contribution in [3.8, 4) is 0 Å². The van der Waals surface area contributed by atoms with Gasteiger partial charge in [-0.2, -0.15) is 0 Å². The van der Waals surface area contributed by atoms with Gasteiger partial charge in [0.2, 0.25) is 5.78 Å². The minimum Gasteiger partial charge on any atom is -0.465 e. The Morgan fingerprint density at radius 1 is 1.38 bits per heavy atom. The molecular formula is C9H8Cl3NO3. The number of halogens is 3. The van der Waals surface area contributed by atoms with Crippen LogP contribution >= 0.6 is 34.8 Å². The third-order valence-corrected chi connectivity index (χ3v) is 2.54. The number of ether oxygens (including phenoxy) is 1. The monoisotopic (exact) mass is 283 g/mol. The molecule has 0 aliphatic heterocycles. The van der Waals surface area contributed by atoms with Crippen LogP contribution < -0.4 is 0 Å². The zero-order valence-corrected chi connectivity index (χ0v) is 10.7. The van der Waals surface area contributed by atoms with Gasteiger partial charge in [0.25, 0.3) is 3.79 Å². The number of nitrogens with one attached hydrogen (secondary N) is 1. The van der Waals surface area contributed by atoms with E-state index in [1.165, 1.54) is 13.3 Å². The Bertz CT molecular complexity index is 434. The van der Waals surface area contributed by atoms with Crippen molar-refractivity contribution in [1.82, 2.24) is 4.98 Å². The van der Waals surface area contributed by atoms with Gasteiger partial charge in [-0.15, -0.1) is 0 Å². The lowest BCUT2D eigenvalue weighted by molar-refractivity contribution is 0.0600. The van der Waals surface area contributed by atoms with Crippen LogP contribution in [-0.4, -0.2) is 27.6 Å². The number of rotatable bonds is 2. The standard InChI is InChI=1S/C9H8Cl3NO3/c1-4-5(8(15)16-2)3-13-6(4)7(14)9(10,11)12/h3,13H,1-2H3. The Morgan fingerprint density at radius 3 is 2.38 bits per heavy atom. The molecule has 88 valence electrons. The molecule has 0 fully saturated rings. The van der Waals surface area contributed by atoms with Gasteiger partial charge in [0, 0.05) is 6.20 Å². The van der Waals surface area contributed by atoms with E-state index in [-0.39, 0.29) is 11.3 Å². The number of ketones is 1. The molecule has 0 amide bonds. The first kappa shape index (κ1) is 13.4. The summed E-state index contributed by atoms with van der Waals surface area (Å²) < 4.78 is 2.47. The molecule has 0 saturated heterocycles. The van der Waals surface area contributed by atoms with Crippen LogP contribution in [0.5, 0.6) is 0 Å². The van der Waals surface area contributed by atoms with Crippen LogP contribution in [-0.2, 0) is 4.74 Å². The molecule has 0 unspecified atom stereocenters. The van der Waals surface area contributed by atoms with Gasteiger partial charge in [0.15, 0.2) is 0 Å². The summed E-state index contributed by atoms with van der Waals surface area (Å²) in [6.45, 7) is 1.56. The first-order valence-electron chi connectivity index (χ1n) is 4.16. The zero-order chi connectivity index (χ0) is 12.5. The SMILES string of the molecule is COC(=O)c1c[nH]c(C(=O)C(Cl)(Cl)Cl)c1C. The third kappa shape index (κ3) is 2.51. The van der Waals surface area contributed by atoms with Crippen LogP contribution in [0.4, 0.5) is 0 Å². The second-order valence-corrected chi connectivity index (χ2v) is 5.30. The lowest BCUT2D eigenvalue weighted by Gasteiger charge is -2.08. The highest BCUT2D eigenvalue weighted by atomic mass is 35.6. The second-order valence-electron chi connectivity index (χ2n) is 3.02. The molecule has 0 aliphatic carbocycles. The minimum absolute atomic E-state index is 0.0837. The number of alkyl halides is 3. The minimum atomic E-state index is -2.05. The van der Waals surface area contributed by atoms with Crippen LogP contribution in [0.3, 0.4) is 0 Å². The van der Waals surface area contributed by atoms with E-state index in [0.717, 1.165) is 0 Å². The van der Waals surface area contributed by atoms with Crippen molar-refractivity contribution < 1.29 is 14.3 Å². The number of hydrogen-bond donors (Lipinski definition) is 1. The van der Waals surface area contributed by atoms with Crippen LogP contribution in [0.15, 0.2) is 6.20 Å². The first-order chi connectivity index (χ1) is 7.29. The Labute approximate surface area is 107 Å². The molecule has 0 saturated carbocycles. The number of aromatic nitrogens is 1. The van der Waals surface area contributed by atoms with E-state index >= 15 is 0 Å². The lowest BCUT2D eigenvalue weighted by atomic mass is 10.1. The molecule has 0 aliphatic rings. The van der Waals surface area contributed by atoms with Crippen molar-refractivity contribution in [1.29, 1.82) is 0 Å². The zero-order valence-electron chi connectivity index (χ0n) is 8.44. The first-order valence-corrected chi connectivity index (χ1v) is 5.30. The Kier molecular flexibility index (Phi) is 3.88. The molecule has 7 heteroatoms. The van der Waals surface area contributed by atoms with Crippen molar-refractivity contribution in [2.45, 2.75) is 10.7 Å². The van der Waals surface area contributed by atoms with Gasteiger partial charge in [-0.1, -0.05) is 34.8 Å². The van der Waals surface area contributed by atoms with Crippen molar-refractivity contribution in [2.75, 3.05) is 7.11 Å². The van der Waals surface area contributed by atoms with Crippen LogP contribution in [0.1, 0.15) is 26.4 Å². The number of aromatic amines is 1. The normalized spacial score (nSPS) is 11.3. The van der Waals surface area contributed by atoms with Crippen molar-refractivity contribution in [2.24, 2.45) is 0 Å². The molecule has 16 heavy (non-hydrogen) atoms. The number of methoxy groups -OCH3 is 1. The number of Topliss-reactive ketones (excluding diaryl/α,β-unsaturated/α-hetero) is 1. The van der Waals surface area contributed by atoms with Crippen LogP contribution in [0.2, 0.25) is 0 Å². The fourth-order valence-corrected chi connectivity index (χ4v) is 1.48. The Morgan fingerprint density at radius 2 is 1.94 bits per heavy atom. The van der Waals surface area contributed by atoms with Crippen molar-refractivity contribution in [3.05, 3.63) is 23.0 Å². The largest absolute Gasteiger partial charge is 0.465 e. The summed E-state index contributed by atoms with van der Waals surface area (Å²) in [5, 5.41) is 0. The molecule has 1 aromatic rings. The fourth-order valence-electron chi connectivity index (χ4n) is 1.20. The lowest BCUT2D eigenvalue weighted by Crippen LogP contribution is -2.20. The third-order valence-electron chi connectivity index (χ3n) is 2.03. The van der Waals surface area contributed by atoms with Gasteiger partial charge in [-0.25, -0.2) is 4.79 Å². The smallest absolute Gasteiger partial charge is 0.339 e. The molecule has 4 nitrogen and oxygen atoms in total. The summed E-state index contributed by atoms with van der Waals surface area (Å²) in [5.41, 5.74) is 0.712. The number of carbonyl (C=O) groups is 2. The molecule has 0 bridgehead atoms. The van der Waals surface area contributed by atoms with Gasteiger partial charge in [-0.05, 0) is 12.5 Å². The topological polar surface area (TPSA) is 59.2 Å². The number of hydrogen-bond acceptors (Lipinski definition) is 3. The average Bonchev–Trinajstić information content (AvgIpc) is 2.56. The summed E-state index contributed by atoms with van der Waals surface area (Å²) >= 11 is 16.4. The predicted octanol–water partition coefficient (Wildman–Crippen LogP) is 2.66. The van der Waals surface area contributed by atoms with Gasteiger partial charge < -0.3 is 9.72 Å². The van der Waals surface area contributed by atoms with Gasteiger partial charge in [0.1, 0.15) is 0 Å². The van der Waals surface area contributed by atoms with E-state index in [0.29, 0.717) is 5.56 Å². The molecule has 1 aromatic heterocycles. The molecule has 1 rings (SSSR count). The molecular weight excluding hydrogens is 276 g/mol. The maximum atomic E-state index is 11.6. The van der Waals surface area contributed by atoms with Gasteiger partial charge in [0.05, 0.1) is 18.4 Å². The van der Waals surface area contributed by atoms with E-state index in [4.69, 9.17) is 34.8 Å². The molecule has 0 spiro atoms. The van der Waals surface area contributed by atoms with Crippen LogP contribution in [0.25, 0.3) is 0 Å². The van der Waals surface area contributed by atoms with E-state index in [9.17, 15) is 9.59 Å². The van der Waals surface area contributed by atoms with Gasteiger partial charge >= 0.3 is 5.97 Å². The summed E-state index contributed by atoms with van der Waals surface area (Å²) in [5.74, 6) is -1.28. The summed E-state index contributed by atoms with van der Waals surface area (Å²) in [4.78, 5) is 25.5. The van der Waals surface area contributed by atoms with Crippen molar-refractivity contribution in [3.63, 3.8) is 0 Å². The predicted molar refractivity (Wildman–Crippen MR) is 61.5 cm³/mol. The van der Waals surface area contributed by atoms with E-state index in [1.54, 1.807) is 6.92 Å². The summed E-state index contributed by atoms with van der Waals surface area (Å²) in [6.07, 6.45) is 1.34. The highest BCUT2D eigenvalue weighted by Gasteiger charge is 2.34. The molecule has 1 heterocycles. The van der Waals surface area contributed by atoms with E-state index in [1.807, 2.05) is 0 Å². The number of H-pyrrole nitrogens is 1. The molecule has 1 N–H and O–H groups in total. The average molecular weight is 285 g/mol. The molecule has 0 aromatic carbocycles. The summed E-state index contributed by atoms with van der Waals surface area (Å²) in [6, 6.07) is 0. The highest BCUT2D eigenvalue weighted by Crippen LogP contribution is 2.31. The number of esters is 1. The van der Waals surface area contributed by atoms with E-state index in [2.05, 4.69) is 9.72 Å². The maximum Gasteiger partial charge on any atom is 0.339 e. The second kappa shape index (κ2) is 4.65. The fraction of sp³-hybridized carbons (Fsp3) is 0.333. The Hall–Kier alpha value is -0.710. The van der Waals surface area contributed by atoms with E-state index < -0.39 is 15.5 Å². The molecule has 0 radical (unpaired) electrons. The molecule has 0 atom stereocenters. The van der Waals surface area contributed by atoms with Crippen LogP contribution in [0, 0.1) is 6.92 Å². The Balaban J connectivity index is 3.15. The quantitative estimate of drug-likeness (QED) is 0.516. The van der Waals surface area contributed by atoms with Gasteiger partial charge in [-0.3, -0.25) is 4.79 Å².